The molecule has 100 valence electrons. The molecule has 0 aliphatic heterocycles. The molecule has 0 amide bonds. The van der Waals surface area contributed by atoms with Crippen molar-refractivity contribution in [2.75, 3.05) is 13.1 Å². The first kappa shape index (κ1) is 14.1. The largest absolute Gasteiger partial charge is 0.316 e. The van der Waals surface area contributed by atoms with Gasteiger partial charge in [0.1, 0.15) is 0 Å². The molecule has 1 aliphatic rings. The molecular formula is C16H24BrN. The number of nitrogens with one attached hydrogen (secondary N) is 1. The first-order chi connectivity index (χ1) is 8.83. The fourth-order valence-electron chi connectivity index (χ4n) is 3.10. The van der Waals surface area contributed by atoms with Crippen molar-refractivity contribution < 1.29 is 0 Å². The quantitative estimate of drug-likeness (QED) is 0.750. The molecule has 0 spiro atoms. The van der Waals surface area contributed by atoms with Crippen LogP contribution in [-0.4, -0.2) is 13.1 Å². The highest BCUT2D eigenvalue weighted by atomic mass is 79.9. The van der Waals surface area contributed by atoms with E-state index < -0.39 is 0 Å². The van der Waals surface area contributed by atoms with Crippen LogP contribution in [0.5, 0.6) is 0 Å². The highest BCUT2D eigenvalue weighted by Gasteiger charge is 2.27. The Morgan fingerprint density at radius 1 is 1.28 bits per heavy atom. The third-order valence-electron chi connectivity index (χ3n) is 4.06. The fraction of sp³-hybridized carbons (Fsp3) is 0.625. The van der Waals surface area contributed by atoms with Crippen LogP contribution < -0.4 is 5.32 Å². The Hall–Kier alpha value is -0.340. The van der Waals surface area contributed by atoms with Crippen molar-refractivity contribution in [3.63, 3.8) is 0 Å². The van der Waals surface area contributed by atoms with E-state index >= 15 is 0 Å². The molecule has 1 atom stereocenters. The molecule has 0 aromatic heterocycles. The van der Waals surface area contributed by atoms with Gasteiger partial charge in [0.25, 0.3) is 0 Å². The van der Waals surface area contributed by atoms with E-state index in [1.54, 1.807) is 0 Å². The van der Waals surface area contributed by atoms with Gasteiger partial charge in [0.2, 0.25) is 0 Å². The maximum atomic E-state index is 3.73. The summed E-state index contributed by atoms with van der Waals surface area (Å²) in [6.07, 6.45) is 6.85. The molecule has 0 heterocycles. The Labute approximate surface area is 119 Å². The number of rotatable bonds is 6. The highest BCUT2D eigenvalue weighted by Crippen LogP contribution is 2.39. The topological polar surface area (TPSA) is 12.0 Å². The number of hydrogen-bond acceptors (Lipinski definition) is 1. The van der Waals surface area contributed by atoms with Crippen LogP contribution in [0, 0.1) is 5.92 Å². The molecule has 1 unspecified atom stereocenters. The Bertz CT molecular complexity index is 358. The van der Waals surface area contributed by atoms with E-state index in [1.165, 1.54) is 42.1 Å². The van der Waals surface area contributed by atoms with Gasteiger partial charge in [0, 0.05) is 16.9 Å². The molecule has 1 aromatic carbocycles. The van der Waals surface area contributed by atoms with Crippen molar-refractivity contribution in [3.8, 4) is 0 Å². The van der Waals surface area contributed by atoms with Crippen molar-refractivity contribution in [1.82, 2.24) is 5.32 Å². The molecule has 1 N–H and O–H groups in total. The second-order valence-electron chi connectivity index (χ2n) is 5.38. The van der Waals surface area contributed by atoms with Gasteiger partial charge in [0.05, 0.1) is 0 Å². The molecule has 2 rings (SSSR count). The average molecular weight is 310 g/mol. The summed E-state index contributed by atoms with van der Waals surface area (Å²) in [6.45, 7) is 4.49. The average Bonchev–Trinajstić information content (AvgIpc) is 2.90. The van der Waals surface area contributed by atoms with Gasteiger partial charge in [-0.15, -0.1) is 0 Å². The molecule has 18 heavy (non-hydrogen) atoms. The van der Waals surface area contributed by atoms with E-state index in [2.05, 4.69) is 52.4 Å². The molecule has 1 nitrogen and oxygen atoms in total. The summed E-state index contributed by atoms with van der Waals surface area (Å²) in [5.41, 5.74) is 1.49. The third-order valence-corrected chi connectivity index (χ3v) is 4.79. The van der Waals surface area contributed by atoms with Gasteiger partial charge >= 0.3 is 0 Å². The predicted molar refractivity (Wildman–Crippen MR) is 82.0 cm³/mol. The molecular weight excluding hydrogens is 286 g/mol. The highest BCUT2D eigenvalue weighted by molar-refractivity contribution is 9.10. The molecule has 0 bridgehead atoms. The SMILES string of the molecule is CCCNCC(c1ccccc1Br)C1CCCC1. The Kier molecular flexibility index (Phi) is 5.71. The van der Waals surface area contributed by atoms with Crippen LogP contribution >= 0.6 is 15.9 Å². The Morgan fingerprint density at radius 3 is 2.67 bits per heavy atom. The van der Waals surface area contributed by atoms with Crippen LogP contribution in [0.15, 0.2) is 28.7 Å². The van der Waals surface area contributed by atoms with Crippen molar-refractivity contribution in [3.05, 3.63) is 34.3 Å². The molecule has 1 aromatic rings. The Balaban J connectivity index is 2.10. The zero-order valence-electron chi connectivity index (χ0n) is 11.3. The monoisotopic (exact) mass is 309 g/mol. The van der Waals surface area contributed by atoms with E-state index in [0.29, 0.717) is 5.92 Å². The first-order valence-corrected chi connectivity index (χ1v) is 8.07. The second-order valence-corrected chi connectivity index (χ2v) is 6.23. The lowest BCUT2D eigenvalue weighted by atomic mass is 9.85. The van der Waals surface area contributed by atoms with Crippen LogP contribution in [-0.2, 0) is 0 Å². The van der Waals surface area contributed by atoms with E-state index in [1.807, 2.05) is 0 Å². The minimum absolute atomic E-state index is 0.676. The lowest BCUT2D eigenvalue weighted by Crippen LogP contribution is -2.26. The number of halogens is 1. The molecule has 0 saturated heterocycles. The smallest absolute Gasteiger partial charge is 0.0210 e. The maximum Gasteiger partial charge on any atom is 0.0210 e. The molecule has 0 radical (unpaired) electrons. The van der Waals surface area contributed by atoms with Gasteiger partial charge < -0.3 is 5.32 Å². The van der Waals surface area contributed by atoms with Crippen molar-refractivity contribution >= 4 is 15.9 Å². The van der Waals surface area contributed by atoms with Gasteiger partial charge in [0.15, 0.2) is 0 Å². The van der Waals surface area contributed by atoms with E-state index in [-0.39, 0.29) is 0 Å². The van der Waals surface area contributed by atoms with E-state index in [4.69, 9.17) is 0 Å². The third kappa shape index (κ3) is 3.58. The fourth-order valence-corrected chi connectivity index (χ4v) is 3.68. The Morgan fingerprint density at radius 2 is 2.00 bits per heavy atom. The van der Waals surface area contributed by atoms with E-state index in [0.717, 1.165) is 19.0 Å². The summed E-state index contributed by atoms with van der Waals surface area (Å²) in [6, 6.07) is 8.75. The van der Waals surface area contributed by atoms with Gasteiger partial charge in [-0.1, -0.05) is 53.9 Å². The van der Waals surface area contributed by atoms with E-state index in [9.17, 15) is 0 Å². The second kappa shape index (κ2) is 7.30. The van der Waals surface area contributed by atoms with Gasteiger partial charge in [-0.25, -0.2) is 0 Å². The normalized spacial score (nSPS) is 18.1. The maximum absolute atomic E-state index is 3.73. The number of hydrogen-bond donors (Lipinski definition) is 1. The van der Waals surface area contributed by atoms with Gasteiger partial charge in [-0.05, 0) is 43.4 Å². The van der Waals surface area contributed by atoms with Crippen molar-refractivity contribution in [2.45, 2.75) is 44.9 Å². The van der Waals surface area contributed by atoms with Gasteiger partial charge in [-0.3, -0.25) is 0 Å². The summed E-state index contributed by atoms with van der Waals surface area (Å²) in [4.78, 5) is 0. The van der Waals surface area contributed by atoms with Gasteiger partial charge in [-0.2, -0.15) is 0 Å². The summed E-state index contributed by atoms with van der Waals surface area (Å²) in [5.74, 6) is 1.54. The minimum atomic E-state index is 0.676. The zero-order chi connectivity index (χ0) is 12.8. The number of benzene rings is 1. The van der Waals surface area contributed by atoms with Crippen LogP contribution in [0.3, 0.4) is 0 Å². The summed E-state index contributed by atoms with van der Waals surface area (Å²) < 4.78 is 1.28. The van der Waals surface area contributed by atoms with Crippen LogP contribution in [0.25, 0.3) is 0 Å². The standard InChI is InChI=1S/C16H24BrN/c1-2-11-18-12-15(13-7-3-4-8-13)14-9-5-6-10-16(14)17/h5-6,9-10,13,15,18H,2-4,7-8,11-12H2,1H3. The zero-order valence-corrected chi connectivity index (χ0v) is 12.9. The summed E-state index contributed by atoms with van der Waals surface area (Å²) in [5, 5.41) is 3.62. The first-order valence-electron chi connectivity index (χ1n) is 7.28. The van der Waals surface area contributed by atoms with Crippen LogP contribution in [0.1, 0.15) is 50.5 Å². The molecule has 1 fully saturated rings. The predicted octanol–water partition coefficient (Wildman–Crippen LogP) is 4.72. The summed E-state index contributed by atoms with van der Waals surface area (Å²) in [7, 11) is 0. The lowest BCUT2D eigenvalue weighted by Gasteiger charge is -2.25. The summed E-state index contributed by atoms with van der Waals surface area (Å²) >= 11 is 3.73. The van der Waals surface area contributed by atoms with Crippen LogP contribution in [0.4, 0.5) is 0 Å². The minimum Gasteiger partial charge on any atom is -0.316 e. The molecule has 2 heteroatoms. The van der Waals surface area contributed by atoms with Crippen molar-refractivity contribution in [2.24, 2.45) is 5.92 Å². The molecule has 1 saturated carbocycles. The van der Waals surface area contributed by atoms with Crippen molar-refractivity contribution in [1.29, 1.82) is 0 Å². The molecule has 1 aliphatic carbocycles. The lowest BCUT2D eigenvalue weighted by molar-refractivity contribution is 0.410. The van der Waals surface area contributed by atoms with Crippen LogP contribution in [0.2, 0.25) is 0 Å².